The van der Waals surface area contributed by atoms with Gasteiger partial charge in [0.2, 0.25) is 0 Å². The lowest BCUT2D eigenvalue weighted by Gasteiger charge is -2.35. The van der Waals surface area contributed by atoms with Gasteiger partial charge in [-0.3, -0.25) is 14.3 Å². The number of nitrogens with zero attached hydrogens (tertiary/aromatic N) is 6. The number of imidazole rings is 1. The Morgan fingerprint density at radius 1 is 1.19 bits per heavy atom. The van der Waals surface area contributed by atoms with Crippen molar-refractivity contribution in [3.8, 4) is 5.69 Å². The van der Waals surface area contributed by atoms with Crippen LogP contribution in [0.3, 0.4) is 0 Å². The van der Waals surface area contributed by atoms with E-state index in [0.717, 1.165) is 22.3 Å². The van der Waals surface area contributed by atoms with Gasteiger partial charge >= 0.3 is 0 Å². The fraction of sp³-hybridized carbons (Fsp3) is 0.273. The zero-order valence-electron chi connectivity index (χ0n) is 17.4. The summed E-state index contributed by atoms with van der Waals surface area (Å²) in [5.41, 5.74) is 3.20. The zero-order chi connectivity index (χ0) is 21.9. The molecular formula is C22H21ClN6O2. The number of hydrogen-bond donors (Lipinski definition) is 0. The lowest BCUT2D eigenvalue weighted by Crippen LogP contribution is -2.49. The predicted octanol–water partition coefficient (Wildman–Crippen LogP) is 2.93. The summed E-state index contributed by atoms with van der Waals surface area (Å²) in [6, 6.07) is 8.83. The van der Waals surface area contributed by atoms with Crippen molar-refractivity contribution in [1.82, 2.24) is 28.8 Å². The third kappa shape index (κ3) is 3.14. The second-order valence-electron chi connectivity index (χ2n) is 7.96. The lowest BCUT2D eigenvalue weighted by molar-refractivity contribution is 0.0587. The maximum absolute atomic E-state index is 13.3. The van der Waals surface area contributed by atoms with Crippen molar-refractivity contribution in [3.05, 3.63) is 75.3 Å². The number of aromatic nitrogens is 5. The first-order valence-electron chi connectivity index (χ1n) is 10.0. The van der Waals surface area contributed by atoms with Crippen molar-refractivity contribution in [3.63, 3.8) is 0 Å². The Balaban J connectivity index is 1.52. The summed E-state index contributed by atoms with van der Waals surface area (Å²) >= 11 is 6.19. The molecule has 0 radical (unpaired) electrons. The molecule has 0 N–H and O–H groups in total. The molecule has 0 fully saturated rings. The summed E-state index contributed by atoms with van der Waals surface area (Å²) in [7, 11) is 1.87. The van der Waals surface area contributed by atoms with E-state index < -0.39 is 0 Å². The van der Waals surface area contributed by atoms with Gasteiger partial charge in [-0.2, -0.15) is 5.10 Å². The standard InChI is InChI=1S/C22H21ClN6O2/c1-13-9-27(12-24-13)19-6-7-20-22(31)28(14(2)10-29(20)21(19)30)11-17-16-8-15(23)4-5-18(16)26(3)25-17/h4-9,12,14H,10-11H2,1-3H3/t14-/m1/s1. The number of carbonyl (C=O) groups excluding carboxylic acids is 1. The monoisotopic (exact) mass is 436 g/mol. The van der Waals surface area contributed by atoms with E-state index in [0.29, 0.717) is 29.5 Å². The predicted molar refractivity (Wildman–Crippen MR) is 118 cm³/mol. The van der Waals surface area contributed by atoms with Crippen molar-refractivity contribution < 1.29 is 4.79 Å². The Morgan fingerprint density at radius 2 is 2.00 bits per heavy atom. The second kappa shape index (κ2) is 7.09. The van der Waals surface area contributed by atoms with Gasteiger partial charge < -0.3 is 14.0 Å². The van der Waals surface area contributed by atoms with Gasteiger partial charge in [-0.05, 0) is 44.2 Å². The molecule has 3 aromatic heterocycles. The van der Waals surface area contributed by atoms with Gasteiger partial charge in [0.15, 0.2) is 0 Å². The van der Waals surface area contributed by atoms with Crippen LogP contribution in [0.1, 0.15) is 28.8 Å². The van der Waals surface area contributed by atoms with Crippen LogP contribution < -0.4 is 5.56 Å². The van der Waals surface area contributed by atoms with Crippen LogP contribution in [0.25, 0.3) is 16.6 Å². The van der Waals surface area contributed by atoms with Crippen molar-refractivity contribution in [2.24, 2.45) is 7.05 Å². The molecule has 4 aromatic rings. The van der Waals surface area contributed by atoms with Crippen LogP contribution in [0.4, 0.5) is 0 Å². The summed E-state index contributed by atoms with van der Waals surface area (Å²) in [6.07, 6.45) is 3.40. The maximum Gasteiger partial charge on any atom is 0.275 e. The van der Waals surface area contributed by atoms with Crippen molar-refractivity contribution >= 4 is 28.4 Å². The highest BCUT2D eigenvalue weighted by atomic mass is 35.5. The summed E-state index contributed by atoms with van der Waals surface area (Å²) in [5.74, 6) is -0.190. The number of rotatable bonds is 3. The van der Waals surface area contributed by atoms with Crippen LogP contribution in [0.15, 0.2) is 47.7 Å². The highest BCUT2D eigenvalue weighted by molar-refractivity contribution is 6.31. The average Bonchev–Trinajstić information content (AvgIpc) is 3.29. The quantitative estimate of drug-likeness (QED) is 0.494. The number of amides is 1. The van der Waals surface area contributed by atoms with E-state index in [-0.39, 0.29) is 17.5 Å². The van der Waals surface area contributed by atoms with Gasteiger partial charge in [0.25, 0.3) is 11.5 Å². The van der Waals surface area contributed by atoms with E-state index in [9.17, 15) is 9.59 Å². The Hall–Kier alpha value is -3.39. The molecule has 5 rings (SSSR count). The first-order valence-corrected chi connectivity index (χ1v) is 10.4. The minimum atomic E-state index is -0.204. The Bertz CT molecular complexity index is 1400. The highest BCUT2D eigenvalue weighted by Gasteiger charge is 2.32. The molecule has 31 heavy (non-hydrogen) atoms. The molecule has 4 heterocycles. The fourth-order valence-corrected chi connectivity index (χ4v) is 4.38. The van der Waals surface area contributed by atoms with Gasteiger partial charge in [0.1, 0.15) is 11.4 Å². The minimum Gasteiger partial charge on any atom is -0.327 e. The van der Waals surface area contributed by atoms with E-state index in [1.165, 1.54) is 0 Å². The Morgan fingerprint density at radius 3 is 2.74 bits per heavy atom. The van der Waals surface area contributed by atoms with E-state index in [1.54, 1.807) is 43.4 Å². The van der Waals surface area contributed by atoms with Crippen LogP contribution >= 0.6 is 11.6 Å². The van der Waals surface area contributed by atoms with Crippen LogP contribution in [-0.2, 0) is 20.1 Å². The minimum absolute atomic E-state index is 0.172. The molecule has 158 valence electrons. The van der Waals surface area contributed by atoms with E-state index in [1.807, 2.05) is 39.1 Å². The lowest BCUT2D eigenvalue weighted by atomic mass is 10.1. The molecule has 0 unspecified atom stereocenters. The molecular weight excluding hydrogens is 416 g/mol. The van der Waals surface area contributed by atoms with E-state index >= 15 is 0 Å². The number of halogens is 1. The number of benzene rings is 1. The number of pyridine rings is 1. The third-order valence-corrected chi connectivity index (χ3v) is 6.05. The van der Waals surface area contributed by atoms with Gasteiger partial charge in [-0.25, -0.2) is 4.98 Å². The summed E-state index contributed by atoms with van der Waals surface area (Å²) < 4.78 is 5.04. The number of fused-ring (bicyclic) bond motifs is 2. The molecule has 8 nitrogen and oxygen atoms in total. The maximum atomic E-state index is 13.3. The number of carbonyl (C=O) groups is 1. The fourth-order valence-electron chi connectivity index (χ4n) is 4.21. The normalized spacial score (nSPS) is 16.2. The number of hydrogen-bond acceptors (Lipinski definition) is 4. The van der Waals surface area contributed by atoms with Crippen LogP contribution in [-0.4, -0.2) is 40.7 Å². The summed E-state index contributed by atoms with van der Waals surface area (Å²) in [5, 5.41) is 6.15. The zero-order valence-corrected chi connectivity index (χ0v) is 18.2. The smallest absolute Gasteiger partial charge is 0.275 e. The summed E-state index contributed by atoms with van der Waals surface area (Å²) in [6.45, 7) is 4.56. The Labute approximate surface area is 183 Å². The third-order valence-electron chi connectivity index (χ3n) is 5.81. The van der Waals surface area contributed by atoms with Gasteiger partial charge in [0, 0.05) is 36.2 Å². The van der Waals surface area contributed by atoms with E-state index in [2.05, 4.69) is 10.1 Å². The topological polar surface area (TPSA) is 78.0 Å². The van der Waals surface area contributed by atoms with Crippen molar-refractivity contribution in [1.29, 1.82) is 0 Å². The van der Waals surface area contributed by atoms with Gasteiger partial charge in [0.05, 0.1) is 29.8 Å². The molecule has 9 heteroatoms. The van der Waals surface area contributed by atoms with Gasteiger partial charge in [-0.1, -0.05) is 11.6 Å². The molecule has 1 aromatic carbocycles. The molecule has 1 amide bonds. The molecule has 0 spiro atoms. The number of aryl methyl sites for hydroxylation is 2. The van der Waals surface area contributed by atoms with E-state index in [4.69, 9.17) is 11.6 Å². The Kier molecular flexibility index (Phi) is 4.48. The van der Waals surface area contributed by atoms with Crippen molar-refractivity contribution in [2.45, 2.75) is 33.0 Å². The van der Waals surface area contributed by atoms with Crippen LogP contribution in [0.5, 0.6) is 0 Å². The van der Waals surface area contributed by atoms with Crippen molar-refractivity contribution in [2.75, 3.05) is 0 Å². The molecule has 0 bridgehead atoms. The average molecular weight is 437 g/mol. The first kappa shape index (κ1) is 19.6. The second-order valence-corrected chi connectivity index (χ2v) is 8.39. The van der Waals surface area contributed by atoms with Crippen LogP contribution in [0, 0.1) is 6.92 Å². The molecule has 0 saturated carbocycles. The first-order chi connectivity index (χ1) is 14.8. The molecule has 0 aliphatic carbocycles. The molecule has 1 aliphatic heterocycles. The molecule has 1 aliphatic rings. The SMILES string of the molecule is Cc1cn(-c2ccc3n(c2=O)C[C@@H](C)N(Cc2nn(C)c4ccc(Cl)cc24)C3=O)cn1. The molecule has 1 atom stereocenters. The van der Waals surface area contributed by atoms with Gasteiger partial charge in [-0.15, -0.1) is 0 Å². The van der Waals surface area contributed by atoms with Crippen LogP contribution in [0.2, 0.25) is 5.02 Å². The largest absolute Gasteiger partial charge is 0.327 e. The highest BCUT2D eigenvalue weighted by Crippen LogP contribution is 2.26. The summed E-state index contributed by atoms with van der Waals surface area (Å²) in [4.78, 5) is 32.4. The molecule has 0 saturated heterocycles.